The van der Waals surface area contributed by atoms with E-state index in [0.29, 0.717) is 6.42 Å². The molecule has 0 saturated heterocycles. The van der Waals surface area contributed by atoms with Crippen LogP contribution in [0.25, 0.3) is 0 Å². The SMILES string of the molecule is Cc1nn(C)c(C)c1CC(N)c1ccc(F)c(F)c1F. The minimum absolute atomic E-state index is 0.0356. The number of rotatable bonds is 3. The van der Waals surface area contributed by atoms with Gasteiger partial charge in [-0.15, -0.1) is 0 Å². The summed E-state index contributed by atoms with van der Waals surface area (Å²) >= 11 is 0. The first kappa shape index (κ1) is 14.6. The Bertz CT molecular complexity index is 650. The lowest BCUT2D eigenvalue weighted by atomic mass is 9.98. The molecule has 1 aromatic carbocycles. The molecule has 6 heteroatoms. The topological polar surface area (TPSA) is 43.8 Å². The van der Waals surface area contributed by atoms with Gasteiger partial charge in [0, 0.05) is 24.3 Å². The van der Waals surface area contributed by atoms with E-state index in [9.17, 15) is 13.2 Å². The van der Waals surface area contributed by atoms with E-state index in [1.165, 1.54) is 6.07 Å². The summed E-state index contributed by atoms with van der Waals surface area (Å²) < 4.78 is 41.6. The van der Waals surface area contributed by atoms with E-state index in [2.05, 4.69) is 5.10 Å². The molecule has 20 heavy (non-hydrogen) atoms. The van der Waals surface area contributed by atoms with Crippen molar-refractivity contribution in [2.24, 2.45) is 12.8 Å². The first-order chi connectivity index (χ1) is 9.32. The number of nitrogens with two attached hydrogens (primary N) is 1. The van der Waals surface area contributed by atoms with E-state index in [4.69, 9.17) is 5.73 Å². The molecule has 2 N–H and O–H groups in total. The third-order valence-corrected chi connectivity index (χ3v) is 3.55. The van der Waals surface area contributed by atoms with Gasteiger partial charge in [0.15, 0.2) is 17.5 Å². The highest BCUT2D eigenvalue weighted by Crippen LogP contribution is 2.25. The van der Waals surface area contributed by atoms with Gasteiger partial charge in [-0.05, 0) is 31.9 Å². The lowest BCUT2D eigenvalue weighted by molar-refractivity contribution is 0.435. The molecule has 0 aliphatic rings. The van der Waals surface area contributed by atoms with E-state index < -0.39 is 23.5 Å². The molecule has 3 nitrogen and oxygen atoms in total. The van der Waals surface area contributed by atoms with Gasteiger partial charge in [0.2, 0.25) is 0 Å². The van der Waals surface area contributed by atoms with Crippen LogP contribution in [0, 0.1) is 31.3 Å². The van der Waals surface area contributed by atoms with Gasteiger partial charge in [-0.3, -0.25) is 4.68 Å². The van der Waals surface area contributed by atoms with Crippen molar-refractivity contribution in [2.45, 2.75) is 26.3 Å². The Labute approximate surface area is 115 Å². The summed E-state index contributed by atoms with van der Waals surface area (Å²) in [6.45, 7) is 3.71. The van der Waals surface area contributed by atoms with Gasteiger partial charge < -0.3 is 5.73 Å². The van der Waals surface area contributed by atoms with Gasteiger partial charge in [-0.2, -0.15) is 5.10 Å². The standard InChI is InChI=1S/C14H16F3N3/c1-7-10(8(2)20(3)19-7)6-12(18)9-4-5-11(15)14(17)13(9)16/h4-5,12H,6,18H2,1-3H3. The zero-order valence-corrected chi connectivity index (χ0v) is 11.5. The number of aryl methyl sites for hydroxylation is 2. The Morgan fingerprint density at radius 1 is 1.20 bits per heavy atom. The molecule has 0 radical (unpaired) electrons. The van der Waals surface area contributed by atoms with Crippen LogP contribution in [0.2, 0.25) is 0 Å². The Morgan fingerprint density at radius 3 is 2.40 bits per heavy atom. The molecule has 1 aromatic heterocycles. The number of hydrogen-bond acceptors (Lipinski definition) is 2. The minimum Gasteiger partial charge on any atom is -0.324 e. The van der Waals surface area contributed by atoms with Crippen LogP contribution < -0.4 is 5.73 Å². The summed E-state index contributed by atoms with van der Waals surface area (Å²) in [6, 6.07) is 1.31. The zero-order valence-electron chi connectivity index (χ0n) is 11.5. The number of benzene rings is 1. The highest BCUT2D eigenvalue weighted by Gasteiger charge is 2.20. The normalized spacial score (nSPS) is 12.8. The average Bonchev–Trinajstić information content (AvgIpc) is 2.62. The van der Waals surface area contributed by atoms with Gasteiger partial charge in [-0.1, -0.05) is 6.07 Å². The smallest absolute Gasteiger partial charge is 0.194 e. The highest BCUT2D eigenvalue weighted by molar-refractivity contribution is 5.30. The summed E-state index contributed by atoms with van der Waals surface area (Å²) in [4.78, 5) is 0. The maximum absolute atomic E-state index is 13.7. The van der Waals surface area contributed by atoms with Crippen molar-refractivity contribution in [3.63, 3.8) is 0 Å². The number of halogens is 3. The van der Waals surface area contributed by atoms with Crippen LogP contribution in [0.1, 0.15) is 28.6 Å². The molecule has 1 heterocycles. The largest absolute Gasteiger partial charge is 0.324 e. The van der Waals surface area contributed by atoms with Crippen molar-refractivity contribution >= 4 is 0 Å². The molecule has 0 fully saturated rings. The van der Waals surface area contributed by atoms with Crippen LogP contribution in [-0.4, -0.2) is 9.78 Å². The van der Waals surface area contributed by atoms with Crippen LogP contribution in [0.5, 0.6) is 0 Å². The quantitative estimate of drug-likeness (QED) is 0.880. The summed E-state index contributed by atoms with van der Waals surface area (Å²) in [6.07, 6.45) is 0.313. The molecule has 0 amide bonds. The number of hydrogen-bond donors (Lipinski definition) is 1. The van der Waals surface area contributed by atoms with Crippen LogP contribution >= 0.6 is 0 Å². The molecular formula is C14H16F3N3. The van der Waals surface area contributed by atoms with Gasteiger partial charge in [-0.25, -0.2) is 13.2 Å². The summed E-state index contributed by atoms with van der Waals surface area (Å²) in [5.74, 6) is -3.93. The van der Waals surface area contributed by atoms with Gasteiger partial charge in [0.25, 0.3) is 0 Å². The van der Waals surface area contributed by atoms with Crippen LogP contribution in [0.15, 0.2) is 12.1 Å². The lowest BCUT2D eigenvalue weighted by Crippen LogP contribution is -2.17. The Morgan fingerprint density at radius 2 is 1.85 bits per heavy atom. The van der Waals surface area contributed by atoms with E-state index in [1.807, 2.05) is 13.8 Å². The van der Waals surface area contributed by atoms with Crippen molar-refractivity contribution in [1.29, 1.82) is 0 Å². The van der Waals surface area contributed by atoms with Crippen molar-refractivity contribution in [1.82, 2.24) is 9.78 Å². The van der Waals surface area contributed by atoms with Crippen LogP contribution in [0.3, 0.4) is 0 Å². The lowest BCUT2D eigenvalue weighted by Gasteiger charge is -2.14. The van der Waals surface area contributed by atoms with Gasteiger partial charge in [0.1, 0.15) is 0 Å². The second-order valence-electron chi connectivity index (χ2n) is 4.85. The molecule has 0 saturated carbocycles. The van der Waals surface area contributed by atoms with Crippen molar-refractivity contribution in [2.75, 3.05) is 0 Å². The van der Waals surface area contributed by atoms with E-state index in [1.54, 1.807) is 11.7 Å². The predicted octanol–water partition coefficient (Wildman–Crippen LogP) is 2.70. The summed E-state index contributed by atoms with van der Waals surface area (Å²) in [7, 11) is 1.80. The van der Waals surface area contributed by atoms with E-state index in [-0.39, 0.29) is 5.56 Å². The molecule has 2 rings (SSSR count). The number of nitrogens with zero attached hydrogens (tertiary/aromatic N) is 2. The third kappa shape index (κ3) is 2.43. The fourth-order valence-electron chi connectivity index (χ4n) is 2.27. The fraction of sp³-hybridized carbons (Fsp3) is 0.357. The highest BCUT2D eigenvalue weighted by atomic mass is 19.2. The van der Waals surface area contributed by atoms with Crippen molar-refractivity contribution < 1.29 is 13.2 Å². The molecule has 2 aromatic rings. The Hall–Kier alpha value is -1.82. The maximum Gasteiger partial charge on any atom is 0.194 e. The molecule has 0 bridgehead atoms. The molecule has 0 aliphatic heterocycles. The zero-order chi connectivity index (χ0) is 15.0. The first-order valence-electron chi connectivity index (χ1n) is 6.21. The van der Waals surface area contributed by atoms with E-state index in [0.717, 1.165) is 23.0 Å². The second-order valence-corrected chi connectivity index (χ2v) is 4.85. The van der Waals surface area contributed by atoms with Gasteiger partial charge >= 0.3 is 0 Å². The maximum atomic E-state index is 13.7. The van der Waals surface area contributed by atoms with Crippen molar-refractivity contribution in [3.8, 4) is 0 Å². The van der Waals surface area contributed by atoms with Crippen LogP contribution in [0.4, 0.5) is 13.2 Å². The molecule has 108 valence electrons. The molecule has 1 atom stereocenters. The minimum atomic E-state index is -1.49. The third-order valence-electron chi connectivity index (χ3n) is 3.55. The second kappa shape index (κ2) is 5.28. The monoisotopic (exact) mass is 283 g/mol. The summed E-state index contributed by atoms with van der Waals surface area (Å²) in [5.41, 5.74) is 8.50. The number of aromatic nitrogens is 2. The summed E-state index contributed by atoms with van der Waals surface area (Å²) in [5, 5.41) is 4.24. The molecule has 1 unspecified atom stereocenters. The first-order valence-corrected chi connectivity index (χ1v) is 6.21. The average molecular weight is 283 g/mol. The Balaban J connectivity index is 2.33. The van der Waals surface area contributed by atoms with E-state index >= 15 is 0 Å². The molecule has 0 spiro atoms. The van der Waals surface area contributed by atoms with Crippen molar-refractivity contribution in [3.05, 3.63) is 52.1 Å². The molecular weight excluding hydrogens is 267 g/mol. The molecule has 0 aliphatic carbocycles. The fourth-order valence-corrected chi connectivity index (χ4v) is 2.27. The van der Waals surface area contributed by atoms with Crippen LogP contribution in [-0.2, 0) is 13.5 Å². The predicted molar refractivity (Wildman–Crippen MR) is 69.6 cm³/mol. The van der Waals surface area contributed by atoms with Gasteiger partial charge in [0.05, 0.1) is 5.69 Å². The Kier molecular flexibility index (Phi) is 3.85.